The summed E-state index contributed by atoms with van der Waals surface area (Å²) in [5.74, 6) is 2.61. The van der Waals surface area contributed by atoms with E-state index in [1.807, 2.05) is 66.7 Å². The fraction of sp³-hybridized carbons (Fsp3) is 0.0208. The van der Waals surface area contributed by atoms with E-state index in [2.05, 4.69) is 97.1 Å². The summed E-state index contributed by atoms with van der Waals surface area (Å²) in [6.45, 7) is 0.422. The first-order chi connectivity index (χ1) is 26.2. The van der Waals surface area contributed by atoms with Crippen LogP contribution >= 0.6 is 0 Å². The monoisotopic (exact) mass is 679 g/mol. The van der Waals surface area contributed by atoms with E-state index in [0.717, 1.165) is 55.5 Å². The molecule has 10 aromatic rings. The lowest BCUT2D eigenvalue weighted by Gasteiger charge is -2.14. The number of aromatic nitrogens is 3. The number of hydrogen-bond donors (Lipinski definition) is 0. The largest absolute Gasteiger partial charge is 0.488 e. The van der Waals surface area contributed by atoms with Crippen molar-refractivity contribution in [1.82, 2.24) is 15.0 Å². The van der Waals surface area contributed by atoms with Crippen LogP contribution in [0.25, 0.3) is 99.8 Å². The zero-order valence-electron chi connectivity index (χ0n) is 28.5. The Labute approximate surface area is 304 Å². The molecule has 0 radical (unpaired) electrons. The van der Waals surface area contributed by atoms with E-state index in [4.69, 9.17) is 24.1 Å². The second-order valence-corrected chi connectivity index (χ2v) is 13.5. The highest BCUT2D eigenvalue weighted by molar-refractivity contribution is 6.21. The van der Waals surface area contributed by atoms with Gasteiger partial charge in [0.2, 0.25) is 0 Å². The van der Waals surface area contributed by atoms with Crippen molar-refractivity contribution in [3.8, 4) is 39.7 Å². The van der Waals surface area contributed by atoms with E-state index in [-0.39, 0.29) is 0 Å². The zero-order valence-corrected chi connectivity index (χ0v) is 28.5. The van der Waals surface area contributed by atoms with Crippen LogP contribution in [0, 0.1) is 0 Å². The molecule has 8 aromatic carbocycles. The first-order valence-corrected chi connectivity index (χ1v) is 17.8. The molecule has 11 rings (SSSR count). The van der Waals surface area contributed by atoms with Gasteiger partial charge in [-0.1, -0.05) is 127 Å². The van der Waals surface area contributed by atoms with Crippen molar-refractivity contribution in [2.24, 2.45) is 0 Å². The maximum Gasteiger partial charge on any atom is 0.164 e. The SMILES string of the molecule is C(=C1\COc2ccc(-c3cc4c5ccccc5ccc4c4ccccc34)cc21)/c1nc(-c2ccccc2)nc(-c2cccc3oc4ccccc4c23)n1. The Balaban J connectivity index is 1.08. The summed E-state index contributed by atoms with van der Waals surface area (Å²) in [7, 11) is 0. The van der Waals surface area contributed by atoms with Crippen LogP contribution in [0.15, 0.2) is 162 Å². The van der Waals surface area contributed by atoms with Crippen LogP contribution in [0.5, 0.6) is 5.75 Å². The van der Waals surface area contributed by atoms with Crippen LogP contribution in [-0.2, 0) is 0 Å². The molecule has 0 saturated heterocycles. The number of benzene rings is 8. The van der Waals surface area contributed by atoms with E-state index in [1.165, 1.54) is 37.9 Å². The fourth-order valence-electron chi connectivity index (χ4n) is 7.94. The van der Waals surface area contributed by atoms with Gasteiger partial charge in [0.1, 0.15) is 23.5 Å². The van der Waals surface area contributed by atoms with Crippen LogP contribution in [0.1, 0.15) is 11.4 Å². The van der Waals surface area contributed by atoms with Crippen molar-refractivity contribution in [2.45, 2.75) is 0 Å². The molecule has 1 aliphatic rings. The second-order valence-electron chi connectivity index (χ2n) is 13.5. The third kappa shape index (κ3) is 4.82. The van der Waals surface area contributed by atoms with E-state index in [1.54, 1.807) is 0 Å². The molecule has 0 aliphatic carbocycles. The molecule has 2 aromatic heterocycles. The number of para-hydroxylation sites is 1. The molecule has 0 bridgehead atoms. The lowest BCUT2D eigenvalue weighted by atomic mass is 9.90. The van der Waals surface area contributed by atoms with Crippen LogP contribution in [0.4, 0.5) is 0 Å². The molecule has 3 heterocycles. The molecule has 0 saturated carbocycles. The first kappa shape index (κ1) is 29.6. The molecule has 5 heteroatoms. The summed E-state index contributed by atoms with van der Waals surface area (Å²) in [5, 5.41) is 9.46. The third-order valence-corrected chi connectivity index (χ3v) is 10.4. The van der Waals surface area contributed by atoms with E-state index >= 15 is 0 Å². The van der Waals surface area contributed by atoms with Gasteiger partial charge in [0, 0.05) is 33.0 Å². The van der Waals surface area contributed by atoms with E-state index in [0.29, 0.717) is 24.1 Å². The lowest BCUT2D eigenvalue weighted by molar-refractivity contribution is 0.389. The topological polar surface area (TPSA) is 61.0 Å². The number of ether oxygens (including phenoxy) is 1. The number of hydrogen-bond acceptors (Lipinski definition) is 5. The standard InChI is InChI=1S/C48H29N3O2/c1-2-12-30(13-3-1)47-49-45(50-48(51-47)38-18-10-20-44-46(38)37-17-8-9-19-43(37)53-44)26-32-28-52-42-24-22-31(25-40(32)42)39-27-41-33-14-5-4-11-29(33)21-23-36(41)34-15-6-7-16-35(34)39/h1-27H,28H2/b32-26-. The van der Waals surface area contributed by atoms with Gasteiger partial charge < -0.3 is 9.15 Å². The van der Waals surface area contributed by atoms with Gasteiger partial charge in [-0.25, -0.2) is 15.0 Å². The zero-order chi connectivity index (χ0) is 34.9. The Morgan fingerprint density at radius 3 is 2.09 bits per heavy atom. The van der Waals surface area contributed by atoms with Crippen molar-refractivity contribution in [1.29, 1.82) is 0 Å². The second kappa shape index (κ2) is 11.7. The van der Waals surface area contributed by atoms with E-state index < -0.39 is 0 Å². The number of nitrogens with zero attached hydrogens (tertiary/aromatic N) is 3. The highest BCUT2D eigenvalue weighted by Gasteiger charge is 2.22. The van der Waals surface area contributed by atoms with E-state index in [9.17, 15) is 0 Å². The third-order valence-electron chi connectivity index (χ3n) is 10.4. The molecule has 0 atom stereocenters. The van der Waals surface area contributed by atoms with Gasteiger partial charge in [-0.05, 0) is 79.9 Å². The summed E-state index contributed by atoms with van der Waals surface area (Å²) in [6.07, 6.45) is 2.05. The lowest BCUT2D eigenvalue weighted by Crippen LogP contribution is -2.01. The van der Waals surface area contributed by atoms with Crippen molar-refractivity contribution in [2.75, 3.05) is 6.61 Å². The molecule has 0 amide bonds. The maximum absolute atomic E-state index is 6.26. The molecule has 0 spiro atoms. The Morgan fingerprint density at radius 2 is 1.19 bits per heavy atom. The Kier molecular flexibility index (Phi) is 6.55. The minimum absolute atomic E-state index is 0.422. The smallest absolute Gasteiger partial charge is 0.164 e. The quantitative estimate of drug-likeness (QED) is 0.173. The van der Waals surface area contributed by atoms with Crippen molar-refractivity contribution < 1.29 is 9.15 Å². The predicted molar refractivity (Wildman–Crippen MR) is 216 cm³/mol. The average Bonchev–Trinajstić information content (AvgIpc) is 3.81. The molecule has 0 unspecified atom stereocenters. The molecule has 5 nitrogen and oxygen atoms in total. The average molecular weight is 680 g/mol. The Bertz CT molecular complexity index is 3130. The van der Waals surface area contributed by atoms with Gasteiger partial charge in [0.15, 0.2) is 17.5 Å². The van der Waals surface area contributed by atoms with Crippen LogP contribution in [0.3, 0.4) is 0 Å². The summed E-state index contributed by atoms with van der Waals surface area (Å²) < 4.78 is 12.5. The molecule has 53 heavy (non-hydrogen) atoms. The van der Waals surface area contributed by atoms with Crippen molar-refractivity contribution in [3.05, 3.63) is 169 Å². The van der Waals surface area contributed by atoms with Gasteiger partial charge in [0.25, 0.3) is 0 Å². The summed E-state index contributed by atoms with van der Waals surface area (Å²) in [5.41, 5.74) is 7.81. The van der Waals surface area contributed by atoms with Crippen molar-refractivity contribution >= 4 is 65.9 Å². The molecular weight excluding hydrogens is 651 g/mol. The van der Waals surface area contributed by atoms with Crippen LogP contribution < -0.4 is 4.74 Å². The fourth-order valence-corrected chi connectivity index (χ4v) is 7.94. The predicted octanol–water partition coefficient (Wildman–Crippen LogP) is 12.2. The Morgan fingerprint density at radius 1 is 0.453 bits per heavy atom. The highest BCUT2D eigenvalue weighted by Crippen LogP contribution is 2.42. The normalized spacial score (nSPS) is 13.4. The van der Waals surface area contributed by atoms with Gasteiger partial charge in [0.05, 0.1) is 0 Å². The number of fused-ring (bicyclic) bond motifs is 9. The number of furan rings is 1. The van der Waals surface area contributed by atoms with Gasteiger partial charge in [-0.15, -0.1) is 0 Å². The summed E-state index contributed by atoms with van der Waals surface area (Å²) >= 11 is 0. The van der Waals surface area contributed by atoms with Gasteiger partial charge in [-0.3, -0.25) is 0 Å². The van der Waals surface area contributed by atoms with Crippen molar-refractivity contribution in [3.63, 3.8) is 0 Å². The van der Waals surface area contributed by atoms with Crippen LogP contribution in [-0.4, -0.2) is 21.6 Å². The maximum atomic E-state index is 6.26. The minimum atomic E-state index is 0.422. The van der Waals surface area contributed by atoms with Gasteiger partial charge >= 0.3 is 0 Å². The molecule has 0 fully saturated rings. The minimum Gasteiger partial charge on any atom is -0.488 e. The highest BCUT2D eigenvalue weighted by atomic mass is 16.5. The molecule has 248 valence electrons. The molecule has 1 aliphatic heterocycles. The molecule has 0 N–H and O–H groups in total. The number of rotatable bonds is 4. The first-order valence-electron chi connectivity index (χ1n) is 17.8. The van der Waals surface area contributed by atoms with Gasteiger partial charge in [-0.2, -0.15) is 0 Å². The van der Waals surface area contributed by atoms with Crippen LogP contribution in [0.2, 0.25) is 0 Å². The summed E-state index contributed by atoms with van der Waals surface area (Å²) in [6, 6.07) is 54.9. The Hall–Kier alpha value is -7.11. The molecular formula is C48H29N3O2. The summed E-state index contributed by atoms with van der Waals surface area (Å²) in [4.78, 5) is 15.1.